The van der Waals surface area contributed by atoms with Crippen molar-refractivity contribution in [1.29, 1.82) is 0 Å². The number of amides is 1. The third kappa shape index (κ3) is 2.57. The van der Waals surface area contributed by atoms with Gasteiger partial charge in [0.05, 0.1) is 25.2 Å². The van der Waals surface area contributed by atoms with E-state index in [-0.39, 0.29) is 23.9 Å². The van der Waals surface area contributed by atoms with E-state index in [9.17, 15) is 4.79 Å². The van der Waals surface area contributed by atoms with E-state index < -0.39 is 0 Å². The van der Waals surface area contributed by atoms with Crippen molar-refractivity contribution < 1.29 is 13.9 Å². The number of furan rings is 1. The standard InChI is InChI=1S/C13H20N2O3/c1-7-4-10(9(3)18-7)8(2)15-13(16)11-5-17-6-12(11)14/h4,8,11-12H,5-6,14H2,1-3H3,(H,15,16). The van der Waals surface area contributed by atoms with Gasteiger partial charge in [-0.1, -0.05) is 0 Å². The van der Waals surface area contributed by atoms with Gasteiger partial charge >= 0.3 is 0 Å². The second kappa shape index (κ2) is 5.12. The molecule has 3 unspecified atom stereocenters. The number of rotatable bonds is 3. The number of carbonyl (C=O) groups excluding carboxylic acids is 1. The number of nitrogens with one attached hydrogen (secondary N) is 1. The average Bonchev–Trinajstić information content (AvgIpc) is 2.84. The SMILES string of the molecule is Cc1cc(C(C)NC(=O)C2COCC2N)c(C)o1. The summed E-state index contributed by atoms with van der Waals surface area (Å²) in [5, 5.41) is 2.96. The third-order valence-electron chi connectivity index (χ3n) is 3.37. The fourth-order valence-corrected chi connectivity index (χ4v) is 2.32. The summed E-state index contributed by atoms with van der Waals surface area (Å²) in [7, 11) is 0. The van der Waals surface area contributed by atoms with E-state index in [0.717, 1.165) is 17.1 Å². The van der Waals surface area contributed by atoms with Crippen molar-refractivity contribution >= 4 is 5.91 Å². The molecule has 18 heavy (non-hydrogen) atoms. The Balaban J connectivity index is 2.01. The molecule has 5 nitrogen and oxygen atoms in total. The largest absolute Gasteiger partial charge is 0.466 e. The quantitative estimate of drug-likeness (QED) is 0.843. The number of carbonyl (C=O) groups is 1. The van der Waals surface area contributed by atoms with Crippen LogP contribution in [0.1, 0.15) is 30.0 Å². The van der Waals surface area contributed by atoms with Gasteiger partial charge in [-0.3, -0.25) is 4.79 Å². The molecule has 0 aliphatic carbocycles. The highest BCUT2D eigenvalue weighted by atomic mass is 16.5. The molecule has 0 spiro atoms. The molecule has 2 rings (SSSR count). The van der Waals surface area contributed by atoms with Crippen LogP contribution in [0.25, 0.3) is 0 Å². The Hall–Kier alpha value is -1.33. The molecule has 1 amide bonds. The van der Waals surface area contributed by atoms with Crippen molar-refractivity contribution in [3.63, 3.8) is 0 Å². The van der Waals surface area contributed by atoms with Gasteiger partial charge in [0.15, 0.2) is 0 Å². The van der Waals surface area contributed by atoms with Crippen LogP contribution in [0.5, 0.6) is 0 Å². The van der Waals surface area contributed by atoms with Crippen molar-refractivity contribution in [3.8, 4) is 0 Å². The fraction of sp³-hybridized carbons (Fsp3) is 0.615. The van der Waals surface area contributed by atoms with Gasteiger partial charge in [-0.25, -0.2) is 0 Å². The van der Waals surface area contributed by atoms with Crippen molar-refractivity contribution in [3.05, 3.63) is 23.2 Å². The predicted molar refractivity (Wildman–Crippen MR) is 67.0 cm³/mol. The molecule has 1 aromatic heterocycles. The zero-order chi connectivity index (χ0) is 13.3. The van der Waals surface area contributed by atoms with Gasteiger partial charge in [-0.05, 0) is 26.8 Å². The van der Waals surface area contributed by atoms with Crippen LogP contribution < -0.4 is 11.1 Å². The van der Waals surface area contributed by atoms with Crippen LogP contribution >= 0.6 is 0 Å². The Labute approximate surface area is 107 Å². The van der Waals surface area contributed by atoms with Gasteiger partial charge in [-0.2, -0.15) is 0 Å². The molecule has 1 saturated heterocycles. The first-order chi connectivity index (χ1) is 8.49. The molecule has 1 aliphatic rings. The first-order valence-electron chi connectivity index (χ1n) is 6.19. The maximum Gasteiger partial charge on any atom is 0.227 e. The first kappa shape index (κ1) is 13.1. The molecule has 5 heteroatoms. The van der Waals surface area contributed by atoms with Crippen LogP contribution in [0, 0.1) is 19.8 Å². The van der Waals surface area contributed by atoms with Gasteiger partial charge in [-0.15, -0.1) is 0 Å². The van der Waals surface area contributed by atoms with Gasteiger partial charge in [0, 0.05) is 11.6 Å². The van der Waals surface area contributed by atoms with E-state index in [1.165, 1.54) is 0 Å². The van der Waals surface area contributed by atoms with Crippen LogP contribution in [-0.4, -0.2) is 25.2 Å². The molecule has 1 aromatic rings. The van der Waals surface area contributed by atoms with E-state index in [1.807, 2.05) is 26.8 Å². The maximum absolute atomic E-state index is 12.1. The molecule has 0 radical (unpaired) electrons. The maximum atomic E-state index is 12.1. The van der Waals surface area contributed by atoms with Crippen LogP contribution in [-0.2, 0) is 9.53 Å². The number of hydrogen-bond acceptors (Lipinski definition) is 4. The number of ether oxygens (including phenoxy) is 1. The van der Waals surface area contributed by atoms with Crippen LogP contribution in [0.15, 0.2) is 10.5 Å². The predicted octanol–water partition coefficient (Wildman–Crippen LogP) is 1.05. The zero-order valence-electron chi connectivity index (χ0n) is 11.0. The molecule has 1 aliphatic heterocycles. The van der Waals surface area contributed by atoms with Crippen molar-refractivity contribution in [2.24, 2.45) is 11.7 Å². The number of aryl methyl sites for hydroxylation is 2. The topological polar surface area (TPSA) is 77.5 Å². The second-order valence-corrected chi connectivity index (χ2v) is 4.91. The highest BCUT2D eigenvalue weighted by Crippen LogP contribution is 2.22. The molecular formula is C13H20N2O3. The van der Waals surface area contributed by atoms with Crippen LogP contribution in [0.2, 0.25) is 0 Å². The zero-order valence-corrected chi connectivity index (χ0v) is 11.0. The van der Waals surface area contributed by atoms with Crippen LogP contribution in [0.3, 0.4) is 0 Å². The van der Waals surface area contributed by atoms with Crippen molar-refractivity contribution in [1.82, 2.24) is 5.32 Å². The summed E-state index contributed by atoms with van der Waals surface area (Å²) in [6.07, 6.45) is 0. The normalized spacial score (nSPS) is 25.1. The lowest BCUT2D eigenvalue weighted by molar-refractivity contribution is -0.125. The summed E-state index contributed by atoms with van der Waals surface area (Å²) >= 11 is 0. The Bertz CT molecular complexity index is 441. The van der Waals surface area contributed by atoms with E-state index in [1.54, 1.807) is 0 Å². The minimum Gasteiger partial charge on any atom is -0.466 e. The summed E-state index contributed by atoms with van der Waals surface area (Å²) in [6.45, 7) is 6.59. The first-order valence-corrected chi connectivity index (χ1v) is 6.19. The third-order valence-corrected chi connectivity index (χ3v) is 3.37. The molecular weight excluding hydrogens is 232 g/mol. The summed E-state index contributed by atoms with van der Waals surface area (Å²) in [5.41, 5.74) is 6.83. The lowest BCUT2D eigenvalue weighted by atomic mass is 10.0. The lowest BCUT2D eigenvalue weighted by Gasteiger charge is -2.18. The summed E-state index contributed by atoms with van der Waals surface area (Å²) in [5.74, 6) is 1.39. The van der Waals surface area contributed by atoms with Gasteiger partial charge in [0.25, 0.3) is 0 Å². The minimum atomic E-state index is -0.249. The molecule has 2 heterocycles. The molecule has 0 aromatic carbocycles. The smallest absolute Gasteiger partial charge is 0.227 e. The number of hydrogen-bond donors (Lipinski definition) is 2. The highest BCUT2D eigenvalue weighted by molar-refractivity contribution is 5.80. The van der Waals surface area contributed by atoms with Gasteiger partial charge in [0.2, 0.25) is 5.91 Å². The average molecular weight is 252 g/mol. The molecule has 3 N–H and O–H groups in total. The Morgan fingerprint density at radius 3 is 2.72 bits per heavy atom. The van der Waals surface area contributed by atoms with Crippen LogP contribution in [0.4, 0.5) is 0 Å². The Kier molecular flexibility index (Phi) is 3.73. The van der Waals surface area contributed by atoms with Crippen molar-refractivity contribution in [2.45, 2.75) is 32.9 Å². The Morgan fingerprint density at radius 2 is 2.22 bits per heavy atom. The van der Waals surface area contributed by atoms with Crippen molar-refractivity contribution in [2.75, 3.05) is 13.2 Å². The van der Waals surface area contributed by atoms with E-state index >= 15 is 0 Å². The molecule has 100 valence electrons. The lowest BCUT2D eigenvalue weighted by Crippen LogP contribution is -2.41. The molecule has 1 fully saturated rings. The summed E-state index contributed by atoms with van der Waals surface area (Å²) < 4.78 is 10.7. The van der Waals surface area contributed by atoms with E-state index in [0.29, 0.717) is 13.2 Å². The monoisotopic (exact) mass is 252 g/mol. The molecule has 0 saturated carbocycles. The molecule has 3 atom stereocenters. The second-order valence-electron chi connectivity index (χ2n) is 4.91. The van der Waals surface area contributed by atoms with Gasteiger partial charge in [0.1, 0.15) is 11.5 Å². The van der Waals surface area contributed by atoms with E-state index in [4.69, 9.17) is 14.9 Å². The summed E-state index contributed by atoms with van der Waals surface area (Å²) in [6, 6.07) is 1.66. The van der Waals surface area contributed by atoms with Gasteiger partial charge < -0.3 is 20.2 Å². The molecule has 0 bridgehead atoms. The summed E-state index contributed by atoms with van der Waals surface area (Å²) in [4.78, 5) is 12.1. The minimum absolute atomic E-state index is 0.0502. The Morgan fingerprint density at radius 1 is 1.50 bits per heavy atom. The number of nitrogens with two attached hydrogens (primary N) is 1. The highest BCUT2D eigenvalue weighted by Gasteiger charge is 2.32. The van der Waals surface area contributed by atoms with E-state index in [2.05, 4.69) is 5.32 Å². The fourth-order valence-electron chi connectivity index (χ4n) is 2.32.